The van der Waals surface area contributed by atoms with Crippen LogP contribution in [0.3, 0.4) is 0 Å². The Morgan fingerprint density at radius 3 is 2.50 bits per heavy atom. The van der Waals surface area contributed by atoms with Gasteiger partial charge in [-0.3, -0.25) is 0 Å². The summed E-state index contributed by atoms with van der Waals surface area (Å²) in [5.41, 5.74) is 1.99. The summed E-state index contributed by atoms with van der Waals surface area (Å²) in [6.07, 6.45) is 1.33. The first-order chi connectivity index (χ1) is 4.81. The summed E-state index contributed by atoms with van der Waals surface area (Å²) >= 11 is 0. The Balaban J connectivity index is 2.97. The first-order valence-corrected chi connectivity index (χ1v) is 3.47. The van der Waals surface area contributed by atoms with Crippen molar-refractivity contribution in [1.29, 1.82) is 0 Å². The Hall–Kier alpha value is -0.160. The Bertz CT molecular complexity index is 70.0. The van der Waals surface area contributed by atoms with Crippen molar-refractivity contribution >= 4 is 0 Å². The van der Waals surface area contributed by atoms with Crippen molar-refractivity contribution in [2.75, 3.05) is 13.2 Å². The minimum Gasteiger partial charge on any atom is -0.396 e. The number of nitrogens with one attached hydrogen (secondary N) is 1. The summed E-state index contributed by atoms with van der Waals surface area (Å²) in [5, 5.41) is 25.5. The molecule has 0 aromatic carbocycles. The Morgan fingerprint density at radius 2 is 2.00 bits per heavy atom. The van der Waals surface area contributed by atoms with Gasteiger partial charge in [0.25, 0.3) is 0 Å². The molecule has 0 aliphatic rings. The van der Waals surface area contributed by atoms with Gasteiger partial charge in [-0.05, 0) is 19.3 Å². The van der Waals surface area contributed by atoms with Crippen LogP contribution < -0.4 is 5.48 Å². The topological polar surface area (TPSA) is 72.7 Å². The van der Waals surface area contributed by atoms with Crippen LogP contribution in [0.4, 0.5) is 0 Å². The van der Waals surface area contributed by atoms with Gasteiger partial charge in [0.15, 0.2) is 0 Å². The predicted octanol–water partition coefficient (Wildman–Crippen LogP) is -0.511. The molecule has 0 aliphatic heterocycles. The van der Waals surface area contributed by atoms with Crippen LogP contribution in [0.15, 0.2) is 0 Å². The molecule has 0 spiro atoms. The summed E-state index contributed by atoms with van der Waals surface area (Å²) < 4.78 is 0. The van der Waals surface area contributed by atoms with E-state index in [1.807, 2.05) is 5.48 Å². The molecule has 0 amide bonds. The van der Waals surface area contributed by atoms with Crippen LogP contribution in [0.2, 0.25) is 0 Å². The van der Waals surface area contributed by atoms with E-state index < -0.39 is 6.10 Å². The third-order valence-corrected chi connectivity index (χ3v) is 1.29. The maximum absolute atomic E-state index is 9.01. The lowest BCUT2D eigenvalue weighted by molar-refractivity contribution is 0.113. The summed E-state index contributed by atoms with van der Waals surface area (Å²) in [6, 6.07) is 0. The minimum atomic E-state index is -0.432. The zero-order chi connectivity index (χ0) is 7.82. The van der Waals surface area contributed by atoms with Gasteiger partial charge in [-0.25, -0.2) is 5.48 Å². The number of rotatable bonds is 6. The fourth-order valence-electron chi connectivity index (χ4n) is 0.710. The molecule has 0 radical (unpaired) electrons. The standard InChI is InChI=1S/C6H15NO3/c8-5-3-6(9)2-1-4-7-10/h6-10H,1-5H2. The lowest BCUT2D eigenvalue weighted by Gasteiger charge is -2.06. The van der Waals surface area contributed by atoms with E-state index in [-0.39, 0.29) is 6.61 Å². The maximum Gasteiger partial charge on any atom is 0.0562 e. The Kier molecular flexibility index (Phi) is 6.84. The summed E-state index contributed by atoms with van der Waals surface area (Å²) in [6.45, 7) is 0.510. The SMILES string of the molecule is OCCC(O)CCCNO. The number of hydrogen-bond donors (Lipinski definition) is 4. The molecular formula is C6H15NO3. The van der Waals surface area contributed by atoms with Crippen LogP contribution in [0, 0.1) is 0 Å². The molecule has 4 heteroatoms. The first kappa shape index (κ1) is 9.84. The van der Waals surface area contributed by atoms with Crippen LogP contribution in [0.1, 0.15) is 19.3 Å². The third kappa shape index (κ3) is 5.97. The molecule has 0 aromatic heterocycles. The zero-order valence-electron chi connectivity index (χ0n) is 5.95. The number of aliphatic hydroxyl groups is 2. The van der Waals surface area contributed by atoms with Crippen LogP contribution in [-0.2, 0) is 0 Å². The van der Waals surface area contributed by atoms with Gasteiger partial charge in [0.1, 0.15) is 0 Å². The molecule has 4 nitrogen and oxygen atoms in total. The fraction of sp³-hybridized carbons (Fsp3) is 1.00. The van der Waals surface area contributed by atoms with E-state index in [1.54, 1.807) is 0 Å². The van der Waals surface area contributed by atoms with Crippen molar-refractivity contribution in [3.8, 4) is 0 Å². The average Bonchev–Trinajstić information content (AvgIpc) is 1.89. The third-order valence-electron chi connectivity index (χ3n) is 1.29. The van der Waals surface area contributed by atoms with E-state index in [1.165, 1.54) is 0 Å². The lowest BCUT2D eigenvalue weighted by Crippen LogP contribution is -2.14. The fourth-order valence-corrected chi connectivity index (χ4v) is 0.710. The van der Waals surface area contributed by atoms with Gasteiger partial charge in [0, 0.05) is 13.2 Å². The highest BCUT2D eigenvalue weighted by Crippen LogP contribution is 1.99. The van der Waals surface area contributed by atoms with Crippen molar-refractivity contribution in [2.24, 2.45) is 0 Å². The Labute approximate surface area is 60.5 Å². The molecule has 1 unspecified atom stereocenters. The first-order valence-electron chi connectivity index (χ1n) is 3.47. The van der Waals surface area contributed by atoms with Gasteiger partial charge in [-0.2, -0.15) is 0 Å². The molecule has 10 heavy (non-hydrogen) atoms. The molecule has 0 saturated heterocycles. The molecule has 0 aliphatic carbocycles. The summed E-state index contributed by atoms with van der Waals surface area (Å²) in [7, 11) is 0. The van der Waals surface area contributed by atoms with Crippen LogP contribution >= 0.6 is 0 Å². The highest BCUT2D eigenvalue weighted by atomic mass is 16.5. The molecule has 62 valence electrons. The van der Waals surface area contributed by atoms with Crippen molar-refractivity contribution < 1.29 is 15.4 Å². The lowest BCUT2D eigenvalue weighted by atomic mass is 10.1. The molecule has 0 aromatic rings. The van der Waals surface area contributed by atoms with Gasteiger partial charge < -0.3 is 15.4 Å². The highest BCUT2D eigenvalue weighted by Gasteiger charge is 2.00. The normalized spacial score (nSPS) is 13.5. The van der Waals surface area contributed by atoms with E-state index in [4.69, 9.17) is 15.4 Å². The molecule has 0 fully saturated rings. The number of hydrogen-bond acceptors (Lipinski definition) is 4. The molecular weight excluding hydrogens is 134 g/mol. The van der Waals surface area contributed by atoms with Crippen LogP contribution in [-0.4, -0.2) is 34.7 Å². The quantitative estimate of drug-likeness (QED) is 0.303. The van der Waals surface area contributed by atoms with E-state index >= 15 is 0 Å². The van der Waals surface area contributed by atoms with Crippen molar-refractivity contribution in [3.05, 3.63) is 0 Å². The Morgan fingerprint density at radius 1 is 1.30 bits per heavy atom. The molecule has 0 saturated carbocycles. The van der Waals surface area contributed by atoms with Gasteiger partial charge in [-0.1, -0.05) is 0 Å². The summed E-state index contributed by atoms with van der Waals surface area (Å²) in [4.78, 5) is 0. The predicted molar refractivity (Wildman–Crippen MR) is 36.7 cm³/mol. The second-order valence-electron chi connectivity index (χ2n) is 2.22. The smallest absolute Gasteiger partial charge is 0.0562 e. The van der Waals surface area contributed by atoms with Crippen molar-refractivity contribution in [3.63, 3.8) is 0 Å². The number of hydroxylamine groups is 1. The number of aliphatic hydroxyl groups excluding tert-OH is 2. The van der Waals surface area contributed by atoms with E-state index in [9.17, 15) is 0 Å². The molecule has 0 heterocycles. The van der Waals surface area contributed by atoms with Gasteiger partial charge in [-0.15, -0.1) is 0 Å². The van der Waals surface area contributed by atoms with Gasteiger partial charge in [0.05, 0.1) is 6.10 Å². The van der Waals surface area contributed by atoms with Crippen molar-refractivity contribution in [1.82, 2.24) is 5.48 Å². The summed E-state index contributed by atoms with van der Waals surface area (Å²) in [5.74, 6) is 0. The van der Waals surface area contributed by atoms with E-state index in [0.29, 0.717) is 19.4 Å². The monoisotopic (exact) mass is 149 g/mol. The minimum absolute atomic E-state index is 0.0215. The van der Waals surface area contributed by atoms with Crippen LogP contribution in [0.25, 0.3) is 0 Å². The van der Waals surface area contributed by atoms with Gasteiger partial charge >= 0.3 is 0 Å². The molecule has 0 bridgehead atoms. The highest BCUT2D eigenvalue weighted by molar-refractivity contribution is 4.54. The van der Waals surface area contributed by atoms with Crippen LogP contribution in [0.5, 0.6) is 0 Å². The largest absolute Gasteiger partial charge is 0.396 e. The van der Waals surface area contributed by atoms with E-state index in [2.05, 4.69) is 0 Å². The second kappa shape index (κ2) is 6.95. The molecule has 4 N–H and O–H groups in total. The van der Waals surface area contributed by atoms with E-state index in [0.717, 1.165) is 6.42 Å². The van der Waals surface area contributed by atoms with Gasteiger partial charge in [0.2, 0.25) is 0 Å². The average molecular weight is 149 g/mol. The molecule has 1 atom stereocenters. The zero-order valence-corrected chi connectivity index (χ0v) is 5.95. The molecule has 0 rings (SSSR count). The van der Waals surface area contributed by atoms with Crippen molar-refractivity contribution in [2.45, 2.75) is 25.4 Å². The maximum atomic E-state index is 9.01. The second-order valence-corrected chi connectivity index (χ2v) is 2.22.